The van der Waals surface area contributed by atoms with Crippen molar-refractivity contribution >= 4 is 17.8 Å². The van der Waals surface area contributed by atoms with E-state index >= 15 is 0 Å². The van der Waals surface area contributed by atoms with Gasteiger partial charge in [-0.25, -0.2) is 0 Å². The Balaban J connectivity index is 3.20. The quantitative estimate of drug-likeness (QED) is 0.540. The third kappa shape index (κ3) is 2.97. The van der Waals surface area contributed by atoms with Crippen LogP contribution in [0.2, 0.25) is 0 Å². The number of thiocarbonyl (C=S) groups is 1. The Labute approximate surface area is 56.0 Å². The summed E-state index contributed by atoms with van der Waals surface area (Å²) in [5, 5.41) is 0. The molecule has 1 nitrogen and oxygen atoms in total. The molecule has 1 radical (unpaired) electrons. The number of ether oxygens (including phenoxy) is 1. The monoisotopic (exact) mass is 131 g/mol. The van der Waals surface area contributed by atoms with Crippen LogP contribution >= 0.6 is 12.2 Å². The highest BCUT2D eigenvalue weighted by Crippen LogP contribution is 1.99. The minimum Gasteiger partial charge on any atom is -0.477 e. The van der Waals surface area contributed by atoms with Crippen molar-refractivity contribution in [2.45, 2.75) is 32.8 Å². The molecule has 0 aromatic rings. The van der Waals surface area contributed by atoms with Crippen molar-refractivity contribution in [2.75, 3.05) is 0 Å². The van der Waals surface area contributed by atoms with E-state index < -0.39 is 0 Å². The first-order chi connectivity index (χ1) is 3.85. The zero-order valence-corrected chi connectivity index (χ0v) is 6.12. The number of rotatable bonds is 4. The zero-order chi connectivity index (χ0) is 6.41. The summed E-state index contributed by atoms with van der Waals surface area (Å²) in [6.45, 7) is 4.14. The third-order valence-corrected chi connectivity index (χ3v) is 1.22. The van der Waals surface area contributed by atoms with Crippen LogP contribution in [0.3, 0.4) is 0 Å². The van der Waals surface area contributed by atoms with Crippen LogP contribution in [0.25, 0.3) is 0 Å². The van der Waals surface area contributed by atoms with E-state index in [-0.39, 0.29) is 6.10 Å². The maximum atomic E-state index is 4.91. The van der Waals surface area contributed by atoms with Gasteiger partial charge in [0.2, 0.25) is 5.55 Å². The molecule has 0 bridgehead atoms. The second kappa shape index (κ2) is 5.04. The van der Waals surface area contributed by atoms with Crippen molar-refractivity contribution in [3.05, 3.63) is 0 Å². The fourth-order valence-electron chi connectivity index (χ4n) is 0.523. The molecule has 0 amide bonds. The Morgan fingerprint density at radius 3 is 2.12 bits per heavy atom. The van der Waals surface area contributed by atoms with Crippen LogP contribution in [-0.2, 0) is 4.74 Å². The van der Waals surface area contributed by atoms with E-state index in [0.29, 0.717) is 0 Å². The predicted molar refractivity (Wildman–Crippen MR) is 38.1 cm³/mol. The lowest BCUT2D eigenvalue weighted by molar-refractivity contribution is 0.195. The molecule has 0 saturated heterocycles. The fourth-order valence-corrected chi connectivity index (χ4v) is 0.659. The van der Waals surface area contributed by atoms with Crippen molar-refractivity contribution < 1.29 is 4.74 Å². The molecular weight excluding hydrogens is 120 g/mol. The van der Waals surface area contributed by atoms with E-state index in [0.717, 1.165) is 12.8 Å². The van der Waals surface area contributed by atoms with Gasteiger partial charge in [-0.3, -0.25) is 0 Å². The van der Waals surface area contributed by atoms with E-state index in [9.17, 15) is 0 Å². The molecule has 0 unspecified atom stereocenters. The number of hydrogen-bond acceptors (Lipinski definition) is 2. The Hall–Kier alpha value is -0.110. The first-order valence-corrected chi connectivity index (χ1v) is 3.28. The van der Waals surface area contributed by atoms with E-state index in [1.807, 2.05) is 0 Å². The highest BCUT2D eigenvalue weighted by Gasteiger charge is 1.99. The SMILES string of the molecule is CCC(CC)O[C]=S. The van der Waals surface area contributed by atoms with Gasteiger partial charge in [0.05, 0.1) is 6.10 Å². The third-order valence-electron chi connectivity index (χ3n) is 1.13. The maximum Gasteiger partial charge on any atom is 0.239 e. The van der Waals surface area contributed by atoms with Gasteiger partial charge in [0, 0.05) is 0 Å². The molecule has 0 aliphatic rings. The normalized spacial score (nSPS) is 9.38. The molecule has 0 aliphatic heterocycles. The molecule has 0 saturated carbocycles. The summed E-state index contributed by atoms with van der Waals surface area (Å²) in [5.41, 5.74) is 2.25. The minimum absolute atomic E-state index is 0.285. The van der Waals surface area contributed by atoms with Crippen LogP contribution in [0.4, 0.5) is 0 Å². The lowest BCUT2D eigenvalue weighted by Gasteiger charge is -2.08. The van der Waals surface area contributed by atoms with Gasteiger partial charge < -0.3 is 4.74 Å². The average molecular weight is 131 g/mol. The van der Waals surface area contributed by atoms with Gasteiger partial charge in [-0.15, -0.1) is 0 Å². The zero-order valence-electron chi connectivity index (χ0n) is 5.31. The van der Waals surface area contributed by atoms with Crippen LogP contribution in [0.1, 0.15) is 26.7 Å². The molecular formula is C6H11OS. The minimum atomic E-state index is 0.285. The summed E-state index contributed by atoms with van der Waals surface area (Å²) >= 11 is 4.39. The van der Waals surface area contributed by atoms with Crippen molar-refractivity contribution in [2.24, 2.45) is 0 Å². The van der Waals surface area contributed by atoms with Gasteiger partial charge in [0.25, 0.3) is 0 Å². The van der Waals surface area contributed by atoms with Crippen LogP contribution in [0.15, 0.2) is 0 Å². The topological polar surface area (TPSA) is 9.23 Å². The summed E-state index contributed by atoms with van der Waals surface area (Å²) in [5.74, 6) is 0. The molecule has 0 heterocycles. The van der Waals surface area contributed by atoms with E-state index in [4.69, 9.17) is 4.74 Å². The first-order valence-electron chi connectivity index (χ1n) is 2.87. The van der Waals surface area contributed by atoms with E-state index in [1.165, 1.54) is 0 Å². The van der Waals surface area contributed by atoms with Crippen LogP contribution in [-0.4, -0.2) is 11.7 Å². The van der Waals surface area contributed by atoms with Gasteiger partial charge in [0.1, 0.15) is 0 Å². The molecule has 0 atom stereocenters. The molecule has 0 aromatic carbocycles. The van der Waals surface area contributed by atoms with Crippen LogP contribution < -0.4 is 0 Å². The molecule has 0 aromatic heterocycles. The molecule has 0 spiro atoms. The van der Waals surface area contributed by atoms with Crippen molar-refractivity contribution in [1.29, 1.82) is 0 Å². The summed E-state index contributed by atoms with van der Waals surface area (Å²) in [6.07, 6.45) is 2.31. The molecule has 0 fully saturated rings. The first kappa shape index (κ1) is 7.89. The van der Waals surface area contributed by atoms with Gasteiger partial charge in [0.15, 0.2) is 0 Å². The molecule has 0 aliphatic carbocycles. The second-order valence-electron chi connectivity index (χ2n) is 1.64. The highest BCUT2D eigenvalue weighted by molar-refractivity contribution is 7.78. The summed E-state index contributed by atoms with van der Waals surface area (Å²) in [6, 6.07) is 0. The van der Waals surface area contributed by atoms with Gasteiger partial charge >= 0.3 is 0 Å². The lowest BCUT2D eigenvalue weighted by Crippen LogP contribution is -2.07. The van der Waals surface area contributed by atoms with Gasteiger partial charge in [-0.1, -0.05) is 13.8 Å². The Morgan fingerprint density at radius 2 is 2.00 bits per heavy atom. The summed E-state index contributed by atoms with van der Waals surface area (Å²) in [7, 11) is 0. The standard InChI is InChI=1S/C6H11OS/c1-3-6(4-2)7-5-8/h6H,3-4H2,1-2H3. The van der Waals surface area contributed by atoms with Crippen LogP contribution in [0.5, 0.6) is 0 Å². The Kier molecular flexibility index (Phi) is 4.97. The van der Waals surface area contributed by atoms with E-state index in [2.05, 4.69) is 31.6 Å². The fraction of sp³-hybridized carbons (Fsp3) is 0.833. The largest absolute Gasteiger partial charge is 0.477 e. The predicted octanol–water partition coefficient (Wildman–Crippen LogP) is 2.03. The summed E-state index contributed by atoms with van der Waals surface area (Å²) in [4.78, 5) is 0. The molecule has 0 N–H and O–H groups in total. The van der Waals surface area contributed by atoms with Gasteiger partial charge in [-0.2, -0.15) is 0 Å². The molecule has 47 valence electrons. The second-order valence-corrected chi connectivity index (χ2v) is 1.81. The Morgan fingerprint density at radius 1 is 1.50 bits per heavy atom. The number of hydrogen-bond donors (Lipinski definition) is 0. The van der Waals surface area contributed by atoms with Crippen molar-refractivity contribution in [1.82, 2.24) is 0 Å². The van der Waals surface area contributed by atoms with Crippen molar-refractivity contribution in [3.63, 3.8) is 0 Å². The lowest BCUT2D eigenvalue weighted by atomic mass is 10.2. The van der Waals surface area contributed by atoms with Gasteiger partial charge in [-0.05, 0) is 25.1 Å². The smallest absolute Gasteiger partial charge is 0.239 e. The average Bonchev–Trinajstić information content (AvgIpc) is 1.83. The highest BCUT2D eigenvalue weighted by atomic mass is 32.1. The Bertz CT molecular complexity index is 59.5. The summed E-state index contributed by atoms with van der Waals surface area (Å²) < 4.78 is 4.91. The molecule has 0 rings (SSSR count). The molecule has 2 heteroatoms. The van der Waals surface area contributed by atoms with Crippen molar-refractivity contribution in [3.8, 4) is 0 Å². The maximum absolute atomic E-state index is 4.91. The molecule has 8 heavy (non-hydrogen) atoms. The van der Waals surface area contributed by atoms with E-state index in [1.54, 1.807) is 0 Å². The van der Waals surface area contributed by atoms with Crippen LogP contribution in [0, 0.1) is 0 Å².